The topological polar surface area (TPSA) is 234 Å². The maximum atomic E-state index is 9.53. The maximum absolute atomic E-state index is 9.53. The van der Waals surface area contributed by atoms with Crippen molar-refractivity contribution < 1.29 is 26.2 Å². The van der Waals surface area contributed by atoms with Crippen LogP contribution in [0.4, 0.5) is 0 Å². The van der Waals surface area contributed by atoms with Gasteiger partial charge in [-0.3, -0.25) is 0 Å². The number of nitrogens with zero attached hydrogens (tertiary/aromatic N) is 3. The predicted molar refractivity (Wildman–Crippen MR) is 36.0 cm³/mol. The van der Waals surface area contributed by atoms with Gasteiger partial charge in [-0.25, -0.2) is 0 Å². The van der Waals surface area contributed by atoms with Gasteiger partial charge in [0.15, 0.2) is 0 Å². The summed E-state index contributed by atoms with van der Waals surface area (Å²) in [5.41, 5.74) is 0. The second-order valence-corrected chi connectivity index (χ2v) is 2.55. The summed E-state index contributed by atoms with van der Waals surface area (Å²) in [5, 5.41) is 28.6. The Bertz CT molecular complexity index is 156. The van der Waals surface area contributed by atoms with E-state index in [9.17, 15) is 30.3 Å². The van der Waals surface area contributed by atoms with Crippen molar-refractivity contribution in [2.45, 2.75) is 0 Å². The fourth-order valence-electron chi connectivity index (χ4n) is 0.133. The Labute approximate surface area is 75.9 Å². The molecule has 13 heavy (non-hydrogen) atoms. The van der Waals surface area contributed by atoms with Crippen LogP contribution >= 0.6 is 0 Å². The van der Waals surface area contributed by atoms with Gasteiger partial charge in [0.1, 0.15) is 0 Å². The molecular formula is H9CoN6O6. The Morgan fingerprint density at radius 2 is 0.846 bits per heavy atom. The van der Waals surface area contributed by atoms with Crippen molar-refractivity contribution in [3.05, 3.63) is 30.3 Å². The monoisotopic (exact) mass is 248 g/mol. The van der Waals surface area contributed by atoms with Gasteiger partial charge in [-0.15, -0.1) is 0 Å². The molecule has 0 saturated carbocycles. The molecule has 84 valence electrons. The third kappa shape index (κ3) is 6.96. The zero-order valence-corrected chi connectivity index (χ0v) is 7.29. The van der Waals surface area contributed by atoms with Crippen LogP contribution in [0.3, 0.4) is 0 Å². The molecule has 0 aromatic carbocycles. The zero-order valence-electron chi connectivity index (χ0n) is 6.25. The molecule has 0 aliphatic carbocycles. The molecule has 0 saturated heterocycles. The summed E-state index contributed by atoms with van der Waals surface area (Å²) < 4.78 is -4.56. The van der Waals surface area contributed by atoms with Gasteiger partial charge < -0.3 is 18.5 Å². The first-order valence-corrected chi connectivity index (χ1v) is 2.94. The van der Waals surface area contributed by atoms with Gasteiger partial charge in [0, 0.05) is 0 Å². The minimum atomic E-state index is -3.55. The van der Waals surface area contributed by atoms with Gasteiger partial charge in [0.05, 0.1) is 0 Å². The van der Waals surface area contributed by atoms with Gasteiger partial charge in [0.2, 0.25) is 0 Å². The van der Waals surface area contributed by atoms with Crippen LogP contribution in [0.15, 0.2) is 0 Å². The molecular weight excluding hydrogens is 239 g/mol. The zero-order chi connectivity index (χ0) is 8.31. The first-order valence-electron chi connectivity index (χ1n) is 1.54. The number of hydrogen-bond donors (Lipinski definition) is 3. The van der Waals surface area contributed by atoms with Crippen molar-refractivity contribution in [1.82, 2.24) is 18.5 Å². The van der Waals surface area contributed by atoms with Crippen LogP contribution in [0.1, 0.15) is 0 Å². The molecule has 13 heteroatoms. The molecule has 0 unspecified atom stereocenters. The van der Waals surface area contributed by atoms with E-state index < -0.39 is 26.2 Å². The average molecular weight is 248 g/mol. The number of nitro groups is 3. The van der Waals surface area contributed by atoms with E-state index >= 15 is 0 Å². The van der Waals surface area contributed by atoms with Crippen LogP contribution in [0.2, 0.25) is 0 Å². The van der Waals surface area contributed by atoms with E-state index in [1.54, 1.807) is 0 Å². The van der Waals surface area contributed by atoms with E-state index in [0.29, 0.717) is 0 Å². The fraction of sp³-hybridized carbons (Fsp3) is 0. The van der Waals surface area contributed by atoms with E-state index in [4.69, 9.17) is 0 Å². The Morgan fingerprint density at radius 1 is 0.692 bits per heavy atom. The van der Waals surface area contributed by atoms with Crippen molar-refractivity contribution in [3.63, 3.8) is 0 Å². The van der Waals surface area contributed by atoms with Crippen LogP contribution in [-0.4, -0.2) is 11.9 Å². The molecule has 0 radical (unpaired) electrons. The van der Waals surface area contributed by atoms with Crippen LogP contribution in [-0.2, 0) is 14.3 Å². The first-order chi connectivity index (χ1) is 4.46. The molecule has 0 bridgehead atoms. The van der Waals surface area contributed by atoms with Gasteiger partial charge >= 0.3 is 56.6 Å². The van der Waals surface area contributed by atoms with Gasteiger partial charge in [-0.05, 0) is 0 Å². The average Bonchev–Trinajstić information content (AvgIpc) is 1.59. The fourth-order valence-corrected chi connectivity index (χ4v) is 0.550. The Hall–Kier alpha value is -1.41. The Kier molecular flexibility index (Phi) is 15.1. The van der Waals surface area contributed by atoms with Crippen molar-refractivity contribution in [2.24, 2.45) is 0 Å². The van der Waals surface area contributed by atoms with Crippen molar-refractivity contribution in [3.8, 4) is 0 Å². The molecule has 9 N–H and O–H groups in total. The van der Waals surface area contributed by atoms with Crippen molar-refractivity contribution in [2.75, 3.05) is 0 Å². The van der Waals surface area contributed by atoms with Crippen LogP contribution < -0.4 is 18.5 Å². The molecule has 0 aliphatic heterocycles. The minimum absolute atomic E-state index is 0. The van der Waals surface area contributed by atoms with Crippen molar-refractivity contribution >= 4 is 0 Å². The molecule has 12 nitrogen and oxygen atoms in total. The summed E-state index contributed by atoms with van der Waals surface area (Å²) >= 11 is -3.55. The summed E-state index contributed by atoms with van der Waals surface area (Å²) in [5.74, 6) is 0. The molecule has 0 aliphatic rings. The van der Waals surface area contributed by atoms with Gasteiger partial charge in [-0.2, -0.15) is 0 Å². The molecule has 0 atom stereocenters. The van der Waals surface area contributed by atoms with Crippen LogP contribution in [0.5, 0.6) is 0 Å². The van der Waals surface area contributed by atoms with Gasteiger partial charge in [-0.1, -0.05) is 0 Å². The predicted octanol–water partition coefficient (Wildman–Crippen LogP) is -0.334. The number of hydrogen-bond acceptors (Lipinski definition) is 9. The van der Waals surface area contributed by atoms with E-state index in [1.807, 2.05) is 0 Å². The standard InChI is InChI=1S/Co.3NO2.3H3N/c;3*2-1-3;;;/h;;;;3*1H3. The number of rotatable bonds is 3. The van der Waals surface area contributed by atoms with Crippen LogP contribution in [0, 0.1) is 30.3 Å². The van der Waals surface area contributed by atoms with Crippen molar-refractivity contribution in [1.29, 1.82) is 0 Å². The molecule has 0 aromatic heterocycles. The second kappa shape index (κ2) is 8.68. The third-order valence-corrected chi connectivity index (χ3v) is 1.35. The Morgan fingerprint density at radius 3 is 0.846 bits per heavy atom. The molecule has 0 aromatic rings. The third-order valence-electron chi connectivity index (χ3n) is 0.327. The van der Waals surface area contributed by atoms with E-state index in [-0.39, 0.29) is 18.5 Å². The van der Waals surface area contributed by atoms with Gasteiger partial charge in [0.25, 0.3) is 0 Å². The van der Waals surface area contributed by atoms with Crippen LogP contribution in [0.25, 0.3) is 0 Å². The molecule has 0 amide bonds. The summed E-state index contributed by atoms with van der Waals surface area (Å²) in [6, 6.07) is 0. The van der Waals surface area contributed by atoms with E-state index in [0.717, 1.165) is 0 Å². The quantitative estimate of drug-likeness (QED) is 0.436. The van der Waals surface area contributed by atoms with E-state index in [2.05, 4.69) is 0 Å². The molecule has 0 rings (SSSR count). The second-order valence-electron chi connectivity index (χ2n) is 0.789. The summed E-state index contributed by atoms with van der Waals surface area (Å²) in [4.78, 5) is 28.6. The first kappa shape index (κ1) is 22.6. The SMILES string of the molecule is N.N.N.O=[N+]([O-])[Co]([N+](=O)[O-])[N+](=O)[O-]. The summed E-state index contributed by atoms with van der Waals surface area (Å²) in [6.45, 7) is 0. The normalized spacial score (nSPS) is 7.85. The molecule has 0 spiro atoms. The summed E-state index contributed by atoms with van der Waals surface area (Å²) in [7, 11) is 0. The Balaban J connectivity index is -0.000000135. The molecule has 0 fully saturated rings. The molecule has 0 heterocycles. The van der Waals surface area contributed by atoms with E-state index in [1.165, 1.54) is 0 Å². The summed E-state index contributed by atoms with van der Waals surface area (Å²) in [6.07, 6.45) is 0.